The Kier molecular flexibility index (Phi) is 4.92. The smallest absolute Gasteiger partial charge is 0.296 e. The van der Waals surface area contributed by atoms with Crippen LogP contribution in [0.15, 0.2) is 59.5 Å². The van der Waals surface area contributed by atoms with Crippen LogP contribution in [0.25, 0.3) is 0 Å². The molecule has 0 bridgehead atoms. The van der Waals surface area contributed by atoms with Gasteiger partial charge in [0.2, 0.25) is 5.91 Å². The van der Waals surface area contributed by atoms with Gasteiger partial charge in [0.15, 0.2) is 0 Å². The van der Waals surface area contributed by atoms with Gasteiger partial charge < -0.3 is 4.90 Å². The highest BCUT2D eigenvalue weighted by Gasteiger charge is 2.39. The number of nitrogens with zero attached hydrogens (tertiary/aromatic N) is 1. The zero-order valence-electron chi connectivity index (χ0n) is 14.3. The predicted molar refractivity (Wildman–Crippen MR) is 94.4 cm³/mol. The standard InChI is InChI=1S/C19H21NO4S/c1-14-8-10-17(11-9-14)25(22,23)24-13-16-12-18(21)20(2)19(16)15-6-4-3-5-7-15/h3-11,16,19H,12-13H2,1-2H3. The predicted octanol–water partition coefficient (Wildman–Crippen LogP) is 2.92. The van der Waals surface area contributed by atoms with Crippen LogP contribution in [0, 0.1) is 12.8 Å². The number of aryl methyl sites for hydroxylation is 1. The van der Waals surface area contributed by atoms with Crippen LogP contribution in [-0.2, 0) is 19.1 Å². The van der Waals surface area contributed by atoms with Gasteiger partial charge in [-0.3, -0.25) is 8.98 Å². The first-order valence-electron chi connectivity index (χ1n) is 8.15. The lowest BCUT2D eigenvalue weighted by molar-refractivity contribution is -0.127. The molecule has 25 heavy (non-hydrogen) atoms. The minimum Gasteiger partial charge on any atom is -0.338 e. The van der Waals surface area contributed by atoms with Crippen molar-refractivity contribution in [1.29, 1.82) is 0 Å². The summed E-state index contributed by atoms with van der Waals surface area (Å²) in [5.74, 6) is -0.213. The van der Waals surface area contributed by atoms with Crippen LogP contribution in [0.3, 0.4) is 0 Å². The summed E-state index contributed by atoms with van der Waals surface area (Å²) in [6.07, 6.45) is 0.277. The molecule has 1 aliphatic heterocycles. The Balaban J connectivity index is 1.77. The van der Waals surface area contributed by atoms with Gasteiger partial charge in [0.1, 0.15) is 0 Å². The molecule has 1 aliphatic rings. The number of carbonyl (C=O) groups is 1. The van der Waals surface area contributed by atoms with Crippen molar-refractivity contribution in [3.05, 3.63) is 65.7 Å². The molecule has 1 fully saturated rings. The third-order valence-electron chi connectivity index (χ3n) is 4.58. The van der Waals surface area contributed by atoms with Gasteiger partial charge in [-0.05, 0) is 24.6 Å². The second-order valence-corrected chi connectivity index (χ2v) is 7.99. The molecule has 1 saturated heterocycles. The van der Waals surface area contributed by atoms with Crippen LogP contribution >= 0.6 is 0 Å². The average molecular weight is 359 g/mol. The minimum atomic E-state index is -3.83. The Hall–Kier alpha value is -2.18. The van der Waals surface area contributed by atoms with Crippen LogP contribution in [0.5, 0.6) is 0 Å². The molecule has 2 aromatic rings. The van der Waals surface area contributed by atoms with E-state index >= 15 is 0 Å². The first-order valence-corrected chi connectivity index (χ1v) is 9.56. The van der Waals surface area contributed by atoms with Crippen molar-refractivity contribution in [3.8, 4) is 0 Å². The molecule has 5 nitrogen and oxygen atoms in total. The van der Waals surface area contributed by atoms with E-state index in [0.717, 1.165) is 11.1 Å². The number of hydrogen-bond donors (Lipinski definition) is 0. The zero-order chi connectivity index (χ0) is 18.0. The topological polar surface area (TPSA) is 63.7 Å². The van der Waals surface area contributed by atoms with Crippen LogP contribution in [0.4, 0.5) is 0 Å². The van der Waals surface area contributed by atoms with Gasteiger partial charge in [-0.25, -0.2) is 0 Å². The van der Waals surface area contributed by atoms with Crippen molar-refractivity contribution in [3.63, 3.8) is 0 Å². The summed E-state index contributed by atoms with van der Waals surface area (Å²) < 4.78 is 30.1. The molecule has 0 aromatic heterocycles. The normalized spacial score (nSPS) is 20.9. The van der Waals surface area contributed by atoms with Gasteiger partial charge in [0, 0.05) is 19.4 Å². The molecule has 3 rings (SSSR count). The zero-order valence-corrected chi connectivity index (χ0v) is 15.1. The van der Waals surface area contributed by atoms with Crippen molar-refractivity contribution in [2.24, 2.45) is 5.92 Å². The number of carbonyl (C=O) groups excluding carboxylic acids is 1. The number of hydrogen-bond acceptors (Lipinski definition) is 4. The van der Waals surface area contributed by atoms with Crippen molar-refractivity contribution in [2.75, 3.05) is 13.7 Å². The monoisotopic (exact) mass is 359 g/mol. The summed E-state index contributed by atoms with van der Waals surface area (Å²) in [5.41, 5.74) is 1.96. The molecule has 1 heterocycles. The lowest BCUT2D eigenvalue weighted by Gasteiger charge is -2.25. The second-order valence-electron chi connectivity index (χ2n) is 6.38. The Morgan fingerprint density at radius 3 is 2.36 bits per heavy atom. The summed E-state index contributed by atoms with van der Waals surface area (Å²) >= 11 is 0. The maximum Gasteiger partial charge on any atom is 0.296 e. The summed E-state index contributed by atoms with van der Waals surface area (Å²) in [7, 11) is -2.09. The van der Waals surface area contributed by atoms with Gasteiger partial charge in [0.25, 0.3) is 10.1 Å². The van der Waals surface area contributed by atoms with Gasteiger partial charge in [-0.15, -0.1) is 0 Å². The van der Waals surface area contributed by atoms with E-state index in [1.54, 1.807) is 24.1 Å². The first-order chi connectivity index (χ1) is 11.9. The molecule has 132 valence electrons. The Bertz CT molecular complexity index is 847. The van der Waals surface area contributed by atoms with Gasteiger partial charge in [0.05, 0.1) is 17.5 Å². The highest BCUT2D eigenvalue weighted by atomic mass is 32.2. The molecule has 0 aliphatic carbocycles. The van der Waals surface area contributed by atoms with Gasteiger partial charge in [-0.1, -0.05) is 48.0 Å². The van der Waals surface area contributed by atoms with Crippen LogP contribution in [0.2, 0.25) is 0 Å². The molecule has 2 atom stereocenters. The molecule has 0 saturated carbocycles. The van der Waals surface area contributed by atoms with Crippen LogP contribution in [-0.4, -0.2) is 32.9 Å². The molecular formula is C19H21NO4S. The molecule has 2 aromatic carbocycles. The molecular weight excluding hydrogens is 338 g/mol. The molecule has 1 amide bonds. The van der Waals surface area contributed by atoms with E-state index in [1.807, 2.05) is 37.3 Å². The maximum atomic E-state index is 12.4. The van der Waals surface area contributed by atoms with Crippen molar-refractivity contribution >= 4 is 16.0 Å². The molecule has 6 heteroatoms. The van der Waals surface area contributed by atoms with E-state index in [-0.39, 0.29) is 35.8 Å². The molecule has 0 N–H and O–H groups in total. The van der Waals surface area contributed by atoms with Crippen LogP contribution in [0.1, 0.15) is 23.6 Å². The quantitative estimate of drug-likeness (QED) is 0.770. The third kappa shape index (κ3) is 3.75. The number of likely N-dealkylation sites (tertiary alicyclic amines) is 1. The molecule has 0 spiro atoms. The van der Waals surface area contributed by atoms with E-state index in [0.29, 0.717) is 0 Å². The van der Waals surface area contributed by atoms with E-state index < -0.39 is 10.1 Å². The van der Waals surface area contributed by atoms with Crippen LogP contribution < -0.4 is 0 Å². The summed E-state index contributed by atoms with van der Waals surface area (Å²) in [6.45, 7) is 1.87. The summed E-state index contributed by atoms with van der Waals surface area (Å²) in [6, 6.07) is 16.0. The Morgan fingerprint density at radius 1 is 1.08 bits per heavy atom. The van der Waals surface area contributed by atoms with Crippen molar-refractivity contribution in [2.45, 2.75) is 24.3 Å². The lowest BCUT2D eigenvalue weighted by Crippen LogP contribution is -2.26. The number of amides is 1. The maximum absolute atomic E-state index is 12.4. The Labute approximate surface area is 148 Å². The SMILES string of the molecule is Cc1ccc(S(=O)(=O)OCC2CC(=O)N(C)C2c2ccccc2)cc1. The van der Waals surface area contributed by atoms with Crippen molar-refractivity contribution < 1.29 is 17.4 Å². The highest BCUT2D eigenvalue weighted by molar-refractivity contribution is 7.86. The average Bonchev–Trinajstić information content (AvgIpc) is 2.89. The van der Waals surface area contributed by atoms with E-state index in [4.69, 9.17) is 4.18 Å². The van der Waals surface area contributed by atoms with Crippen molar-refractivity contribution in [1.82, 2.24) is 4.90 Å². The fourth-order valence-corrected chi connectivity index (χ4v) is 4.16. The second kappa shape index (κ2) is 6.98. The van der Waals surface area contributed by atoms with Gasteiger partial charge in [-0.2, -0.15) is 8.42 Å². The summed E-state index contributed by atoms with van der Waals surface area (Å²) in [4.78, 5) is 13.9. The first kappa shape index (κ1) is 17.6. The molecule has 2 unspecified atom stereocenters. The molecule has 0 radical (unpaired) electrons. The van der Waals surface area contributed by atoms with Gasteiger partial charge >= 0.3 is 0 Å². The fourth-order valence-electron chi connectivity index (χ4n) is 3.20. The lowest BCUT2D eigenvalue weighted by atomic mass is 9.94. The highest BCUT2D eigenvalue weighted by Crippen LogP contribution is 2.37. The summed E-state index contributed by atoms with van der Waals surface area (Å²) in [5, 5.41) is 0. The number of rotatable bonds is 5. The van der Waals surface area contributed by atoms with E-state index in [9.17, 15) is 13.2 Å². The third-order valence-corrected chi connectivity index (χ3v) is 5.88. The Morgan fingerprint density at radius 2 is 1.72 bits per heavy atom. The van der Waals surface area contributed by atoms with E-state index in [2.05, 4.69) is 0 Å². The fraction of sp³-hybridized carbons (Fsp3) is 0.316. The number of benzene rings is 2. The largest absolute Gasteiger partial charge is 0.338 e. The minimum absolute atomic E-state index is 0.00446. The van der Waals surface area contributed by atoms with E-state index in [1.165, 1.54) is 12.1 Å².